The highest BCUT2D eigenvalue weighted by Crippen LogP contribution is 2.12. The standard InChI is InChI=1S/C12H27NO2S/c1-10(2)11(6-7-15-4)13-8-12(3,14)9-16-5/h10-11,13-14H,6-9H2,1-5H3. The van der Waals surface area contributed by atoms with E-state index in [1.807, 2.05) is 13.2 Å². The van der Waals surface area contributed by atoms with Crippen LogP contribution in [-0.2, 0) is 4.74 Å². The van der Waals surface area contributed by atoms with Crippen molar-refractivity contribution in [3.05, 3.63) is 0 Å². The maximum Gasteiger partial charge on any atom is 0.0833 e. The molecule has 0 aromatic carbocycles. The molecule has 16 heavy (non-hydrogen) atoms. The summed E-state index contributed by atoms with van der Waals surface area (Å²) in [4.78, 5) is 0. The van der Waals surface area contributed by atoms with Gasteiger partial charge in [0, 0.05) is 32.1 Å². The molecule has 2 N–H and O–H groups in total. The van der Waals surface area contributed by atoms with Gasteiger partial charge < -0.3 is 15.2 Å². The van der Waals surface area contributed by atoms with Gasteiger partial charge in [0.05, 0.1) is 5.60 Å². The molecule has 0 aliphatic carbocycles. The molecule has 0 aliphatic rings. The Bertz CT molecular complexity index is 174. The molecular formula is C12H27NO2S. The molecule has 0 fully saturated rings. The summed E-state index contributed by atoms with van der Waals surface area (Å²) in [5.74, 6) is 1.31. The Kier molecular flexibility index (Phi) is 8.46. The van der Waals surface area contributed by atoms with Crippen LogP contribution in [0.2, 0.25) is 0 Å². The van der Waals surface area contributed by atoms with Crippen LogP contribution >= 0.6 is 11.8 Å². The van der Waals surface area contributed by atoms with Gasteiger partial charge in [-0.25, -0.2) is 0 Å². The van der Waals surface area contributed by atoms with E-state index in [9.17, 15) is 5.11 Å². The van der Waals surface area contributed by atoms with E-state index in [4.69, 9.17) is 4.74 Å². The Hall–Kier alpha value is 0.230. The van der Waals surface area contributed by atoms with E-state index < -0.39 is 5.60 Å². The van der Waals surface area contributed by atoms with Crippen molar-refractivity contribution in [1.29, 1.82) is 0 Å². The van der Waals surface area contributed by atoms with Crippen molar-refractivity contribution in [2.45, 2.75) is 38.8 Å². The number of hydrogen-bond acceptors (Lipinski definition) is 4. The molecule has 0 aromatic rings. The third-order valence-electron chi connectivity index (χ3n) is 2.64. The second-order valence-electron chi connectivity index (χ2n) is 4.94. The second-order valence-corrected chi connectivity index (χ2v) is 5.81. The van der Waals surface area contributed by atoms with Crippen LogP contribution in [0.1, 0.15) is 27.2 Å². The summed E-state index contributed by atoms with van der Waals surface area (Å²) in [6, 6.07) is 0.410. The average Bonchev–Trinajstić information content (AvgIpc) is 2.17. The summed E-state index contributed by atoms with van der Waals surface area (Å²) in [7, 11) is 1.72. The van der Waals surface area contributed by atoms with Gasteiger partial charge >= 0.3 is 0 Å². The maximum absolute atomic E-state index is 10.1. The molecule has 0 rings (SSSR count). The third kappa shape index (κ3) is 7.49. The highest BCUT2D eigenvalue weighted by Gasteiger charge is 2.22. The van der Waals surface area contributed by atoms with Crippen molar-refractivity contribution in [2.75, 3.05) is 32.3 Å². The van der Waals surface area contributed by atoms with Crippen molar-refractivity contribution in [1.82, 2.24) is 5.32 Å². The number of nitrogens with one attached hydrogen (secondary N) is 1. The van der Waals surface area contributed by atoms with Crippen molar-refractivity contribution in [3.63, 3.8) is 0 Å². The van der Waals surface area contributed by atoms with E-state index in [-0.39, 0.29) is 0 Å². The molecule has 0 aromatic heterocycles. The van der Waals surface area contributed by atoms with Crippen molar-refractivity contribution in [2.24, 2.45) is 5.92 Å². The van der Waals surface area contributed by atoms with E-state index >= 15 is 0 Å². The molecule has 4 heteroatoms. The number of aliphatic hydroxyl groups is 1. The lowest BCUT2D eigenvalue weighted by Gasteiger charge is -2.28. The van der Waals surface area contributed by atoms with Gasteiger partial charge in [0.1, 0.15) is 0 Å². The molecular weight excluding hydrogens is 222 g/mol. The lowest BCUT2D eigenvalue weighted by atomic mass is 10.00. The quantitative estimate of drug-likeness (QED) is 0.653. The number of ether oxygens (including phenoxy) is 1. The van der Waals surface area contributed by atoms with Gasteiger partial charge in [0.15, 0.2) is 0 Å². The normalized spacial score (nSPS) is 17.4. The SMILES string of the molecule is COCCC(NCC(C)(O)CSC)C(C)C. The Labute approximate surface area is 104 Å². The monoisotopic (exact) mass is 249 g/mol. The van der Waals surface area contributed by atoms with Gasteiger partial charge in [0.2, 0.25) is 0 Å². The molecule has 0 aliphatic heterocycles. The molecule has 0 spiro atoms. The first kappa shape index (κ1) is 16.2. The van der Waals surface area contributed by atoms with Crippen LogP contribution in [0.25, 0.3) is 0 Å². The fourth-order valence-electron chi connectivity index (χ4n) is 1.63. The van der Waals surface area contributed by atoms with E-state index in [2.05, 4.69) is 19.2 Å². The third-order valence-corrected chi connectivity index (χ3v) is 3.55. The average molecular weight is 249 g/mol. The Balaban J connectivity index is 4.00. The first-order valence-electron chi connectivity index (χ1n) is 5.86. The molecule has 2 unspecified atom stereocenters. The maximum atomic E-state index is 10.1. The Morgan fingerprint density at radius 3 is 2.50 bits per heavy atom. The Morgan fingerprint density at radius 2 is 2.06 bits per heavy atom. The molecule has 98 valence electrons. The minimum Gasteiger partial charge on any atom is -0.388 e. The van der Waals surface area contributed by atoms with Gasteiger partial charge in [-0.05, 0) is 25.5 Å². The smallest absolute Gasteiger partial charge is 0.0833 e. The van der Waals surface area contributed by atoms with Gasteiger partial charge in [-0.3, -0.25) is 0 Å². The van der Waals surface area contributed by atoms with Gasteiger partial charge in [-0.1, -0.05) is 13.8 Å². The molecule has 0 amide bonds. The van der Waals surface area contributed by atoms with Gasteiger partial charge in [-0.15, -0.1) is 0 Å². The summed E-state index contributed by atoms with van der Waals surface area (Å²) in [6.45, 7) is 7.67. The zero-order valence-corrected chi connectivity index (χ0v) is 12.1. The fourth-order valence-corrected chi connectivity index (χ4v) is 2.35. The van der Waals surface area contributed by atoms with Crippen LogP contribution in [0.3, 0.4) is 0 Å². The summed E-state index contributed by atoms with van der Waals surface area (Å²) in [5, 5.41) is 13.5. The first-order chi connectivity index (χ1) is 7.43. The zero-order chi connectivity index (χ0) is 12.6. The number of hydrogen-bond donors (Lipinski definition) is 2. The minimum atomic E-state index is -0.625. The largest absolute Gasteiger partial charge is 0.388 e. The van der Waals surface area contributed by atoms with E-state index in [0.29, 0.717) is 18.5 Å². The highest BCUT2D eigenvalue weighted by atomic mass is 32.2. The van der Waals surface area contributed by atoms with Crippen molar-refractivity contribution >= 4 is 11.8 Å². The topological polar surface area (TPSA) is 41.5 Å². The van der Waals surface area contributed by atoms with Gasteiger partial charge in [-0.2, -0.15) is 11.8 Å². The highest BCUT2D eigenvalue weighted by molar-refractivity contribution is 7.98. The molecule has 3 nitrogen and oxygen atoms in total. The fraction of sp³-hybridized carbons (Fsp3) is 1.00. The van der Waals surface area contributed by atoms with Crippen molar-refractivity contribution in [3.8, 4) is 0 Å². The summed E-state index contributed by atoms with van der Waals surface area (Å²) in [6.07, 6.45) is 3.00. The van der Waals surface area contributed by atoms with Gasteiger partial charge in [0.25, 0.3) is 0 Å². The number of methoxy groups -OCH3 is 1. The molecule has 2 atom stereocenters. The summed E-state index contributed by atoms with van der Waals surface area (Å²) >= 11 is 1.67. The lowest BCUT2D eigenvalue weighted by Crippen LogP contribution is -2.46. The molecule has 0 heterocycles. The van der Waals surface area contributed by atoms with Crippen LogP contribution in [0, 0.1) is 5.92 Å². The first-order valence-corrected chi connectivity index (χ1v) is 7.26. The summed E-state index contributed by atoms with van der Waals surface area (Å²) < 4.78 is 5.10. The summed E-state index contributed by atoms with van der Waals surface area (Å²) in [5.41, 5.74) is -0.625. The van der Waals surface area contributed by atoms with Crippen LogP contribution < -0.4 is 5.32 Å². The lowest BCUT2D eigenvalue weighted by molar-refractivity contribution is 0.0760. The number of rotatable bonds is 9. The Morgan fingerprint density at radius 1 is 1.44 bits per heavy atom. The van der Waals surface area contributed by atoms with E-state index in [0.717, 1.165) is 18.8 Å². The predicted molar refractivity (Wildman–Crippen MR) is 72.1 cm³/mol. The van der Waals surface area contributed by atoms with E-state index in [1.54, 1.807) is 18.9 Å². The van der Waals surface area contributed by atoms with Crippen LogP contribution in [-0.4, -0.2) is 49.0 Å². The minimum absolute atomic E-state index is 0.410. The molecule has 0 radical (unpaired) electrons. The van der Waals surface area contributed by atoms with Crippen LogP contribution in [0.5, 0.6) is 0 Å². The zero-order valence-electron chi connectivity index (χ0n) is 11.2. The molecule has 0 bridgehead atoms. The molecule has 0 saturated heterocycles. The van der Waals surface area contributed by atoms with Crippen LogP contribution in [0.15, 0.2) is 0 Å². The second kappa shape index (κ2) is 8.34. The van der Waals surface area contributed by atoms with E-state index in [1.165, 1.54) is 0 Å². The molecule has 0 saturated carbocycles. The number of thioether (sulfide) groups is 1. The van der Waals surface area contributed by atoms with Crippen molar-refractivity contribution < 1.29 is 9.84 Å². The predicted octanol–water partition coefficient (Wildman–Crippen LogP) is 1.75. The van der Waals surface area contributed by atoms with Crippen LogP contribution in [0.4, 0.5) is 0 Å².